The molecule has 3 aromatic heterocycles. The normalized spacial score (nSPS) is 10.9. The number of aliphatic hydroxyl groups excluding tert-OH is 1. The zero-order chi connectivity index (χ0) is 18.8. The quantitative estimate of drug-likeness (QED) is 0.432. The van der Waals surface area contributed by atoms with E-state index in [-0.39, 0.29) is 18.1 Å². The van der Waals surface area contributed by atoms with E-state index < -0.39 is 5.91 Å². The molecule has 0 saturated heterocycles. The number of carbonyl (C=O) groups is 1. The van der Waals surface area contributed by atoms with Gasteiger partial charge < -0.3 is 14.7 Å². The van der Waals surface area contributed by atoms with Crippen LogP contribution in [0.5, 0.6) is 0 Å². The molecule has 4 aromatic rings. The van der Waals surface area contributed by atoms with Gasteiger partial charge in [-0.15, -0.1) is 0 Å². The zero-order valence-electron chi connectivity index (χ0n) is 14.2. The van der Waals surface area contributed by atoms with Gasteiger partial charge in [-0.3, -0.25) is 0 Å². The Kier molecular flexibility index (Phi) is 4.27. The average Bonchev–Trinajstić information content (AvgIpc) is 3.13. The topological polar surface area (TPSA) is 93.6 Å². The first-order valence-corrected chi connectivity index (χ1v) is 8.32. The number of imidazole rings is 1. The number of hydrogen-bond acceptors (Lipinski definition) is 4. The van der Waals surface area contributed by atoms with E-state index in [0.29, 0.717) is 10.4 Å². The molecule has 0 saturated carbocycles. The van der Waals surface area contributed by atoms with Crippen LogP contribution in [0.2, 0.25) is 0 Å². The Balaban J connectivity index is 1.64. The first-order valence-electron chi connectivity index (χ1n) is 8.32. The van der Waals surface area contributed by atoms with Crippen LogP contribution in [-0.2, 0) is 6.61 Å². The van der Waals surface area contributed by atoms with E-state index in [9.17, 15) is 15.1 Å². The second-order valence-electron chi connectivity index (χ2n) is 6.03. The van der Waals surface area contributed by atoms with Crippen molar-refractivity contribution in [3.05, 3.63) is 89.7 Å². The summed E-state index contributed by atoms with van der Waals surface area (Å²) in [7, 11) is 0. The zero-order valence-corrected chi connectivity index (χ0v) is 14.2. The monoisotopic (exact) mass is 360 g/mol. The van der Waals surface area contributed by atoms with E-state index in [1.54, 1.807) is 22.7 Å². The van der Waals surface area contributed by atoms with Crippen LogP contribution < -0.4 is 10.0 Å². The molecule has 0 radical (unpaired) electrons. The molecule has 7 nitrogen and oxygen atoms in total. The molecule has 4 rings (SSSR count). The van der Waals surface area contributed by atoms with Crippen LogP contribution in [0, 0.1) is 5.21 Å². The van der Waals surface area contributed by atoms with Crippen LogP contribution in [0.4, 0.5) is 5.82 Å². The summed E-state index contributed by atoms with van der Waals surface area (Å²) in [5, 5.41) is 23.5. The first-order chi connectivity index (χ1) is 13.1. The highest BCUT2D eigenvalue weighted by Gasteiger charge is 2.17. The van der Waals surface area contributed by atoms with Crippen molar-refractivity contribution in [1.29, 1.82) is 0 Å². The second kappa shape index (κ2) is 6.89. The minimum Gasteiger partial charge on any atom is -0.711 e. The number of amides is 1. The summed E-state index contributed by atoms with van der Waals surface area (Å²) in [4.78, 5) is 16.7. The lowest BCUT2D eigenvalue weighted by Gasteiger charge is -2.05. The third-order valence-corrected chi connectivity index (χ3v) is 4.19. The minimum atomic E-state index is -0.460. The summed E-state index contributed by atoms with van der Waals surface area (Å²) < 4.78 is 2.34. The number of benzene rings is 1. The Morgan fingerprint density at radius 1 is 1.11 bits per heavy atom. The highest BCUT2D eigenvalue weighted by molar-refractivity contribution is 6.02. The Labute approximate surface area is 154 Å². The van der Waals surface area contributed by atoms with Crippen LogP contribution in [0.25, 0.3) is 16.8 Å². The maximum absolute atomic E-state index is 12.4. The molecule has 0 unspecified atom stereocenters. The molecule has 0 aliphatic carbocycles. The molecule has 0 bridgehead atoms. The lowest BCUT2D eigenvalue weighted by atomic mass is 10.1. The molecule has 2 N–H and O–H groups in total. The van der Waals surface area contributed by atoms with Crippen molar-refractivity contribution in [3.63, 3.8) is 0 Å². The molecule has 0 aliphatic heterocycles. The van der Waals surface area contributed by atoms with E-state index in [4.69, 9.17) is 0 Å². The Bertz CT molecular complexity index is 1140. The number of aromatic nitrogens is 3. The van der Waals surface area contributed by atoms with E-state index in [1.807, 2.05) is 42.6 Å². The fourth-order valence-corrected chi connectivity index (χ4v) is 2.83. The third-order valence-electron chi connectivity index (χ3n) is 4.19. The number of rotatable bonds is 4. The highest BCUT2D eigenvalue weighted by atomic mass is 16.5. The number of anilines is 1. The molecule has 3 heterocycles. The van der Waals surface area contributed by atoms with Crippen LogP contribution in [0.1, 0.15) is 16.1 Å². The molecular formula is C20H16N4O3. The van der Waals surface area contributed by atoms with E-state index >= 15 is 0 Å². The Morgan fingerprint density at radius 2 is 2.00 bits per heavy atom. The SMILES string of the molecule is O=C(Nc1cccc[n+]1[O-])c1cn2cc(-c3cccc(CO)c3)ccc2n1. The fourth-order valence-electron chi connectivity index (χ4n) is 2.83. The van der Waals surface area contributed by atoms with Crippen molar-refractivity contribution in [2.75, 3.05) is 5.32 Å². The minimum absolute atomic E-state index is 0.0231. The molecular weight excluding hydrogens is 344 g/mol. The molecule has 0 atom stereocenters. The first kappa shape index (κ1) is 16.7. The lowest BCUT2D eigenvalue weighted by molar-refractivity contribution is -0.590. The number of pyridine rings is 2. The van der Waals surface area contributed by atoms with Crippen LogP contribution in [0.3, 0.4) is 0 Å². The maximum atomic E-state index is 12.4. The average molecular weight is 360 g/mol. The number of aliphatic hydroxyl groups is 1. The Morgan fingerprint density at radius 3 is 2.81 bits per heavy atom. The smallest absolute Gasteiger partial charge is 0.359 e. The van der Waals surface area contributed by atoms with Gasteiger partial charge in [0.05, 0.1) is 12.8 Å². The van der Waals surface area contributed by atoms with E-state index in [1.165, 1.54) is 12.3 Å². The summed E-state index contributed by atoms with van der Waals surface area (Å²) in [5.74, 6) is -0.320. The highest BCUT2D eigenvalue weighted by Crippen LogP contribution is 2.21. The Hall–Kier alpha value is -3.71. The summed E-state index contributed by atoms with van der Waals surface area (Å²) in [6.07, 6.45) is 4.79. The largest absolute Gasteiger partial charge is 0.711 e. The van der Waals surface area contributed by atoms with Gasteiger partial charge in [-0.1, -0.05) is 24.3 Å². The summed E-state index contributed by atoms with van der Waals surface area (Å²) in [6.45, 7) is -0.0231. The van der Waals surface area contributed by atoms with Gasteiger partial charge in [-0.05, 0) is 41.0 Å². The van der Waals surface area contributed by atoms with Crippen molar-refractivity contribution >= 4 is 17.4 Å². The third kappa shape index (κ3) is 3.36. The number of hydrogen-bond donors (Lipinski definition) is 2. The van der Waals surface area contributed by atoms with Crippen molar-refractivity contribution < 1.29 is 14.6 Å². The van der Waals surface area contributed by atoms with Gasteiger partial charge in [0, 0.05) is 18.5 Å². The number of nitrogens with zero attached hydrogens (tertiary/aromatic N) is 3. The van der Waals surface area contributed by atoms with Gasteiger partial charge in [0.1, 0.15) is 5.65 Å². The van der Waals surface area contributed by atoms with Gasteiger partial charge in [-0.2, -0.15) is 0 Å². The molecule has 0 spiro atoms. The fraction of sp³-hybridized carbons (Fsp3) is 0.0500. The van der Waals surface area contributed by atoms with Crippen molar-refractivity contribution in [3.8, 4) is 11.1 Å². The second-order valence-corrected chi connectivity index (χ2v) is 6.03. The molecule has 0 fully saturated rings. The van der Waals surface area contributed by atoms with Gasteiger partial charge in [-0.25, -0.2) is 19.8 Å². The van der Waals surface area contributed by atoms with E-state index in [0.717, 1.165) is 16.7 Å². The van der Waals surface area contributed by atoms with Crippen LogP contribution >= 0.6 is 0 Å². The predicted molar refractivity (Wildman–Crippen MR) is 99.9 cm³/mol. The number of carbonyl (C=O) groups excluding carboxylic acids is 1. The molecule has 0 aliphatic rings. The van der Waals surface area contributed by atoms with Crippen molar-refractivity contribution in [2.24, 2.45) is 0 Å². The van der Waals surface area contributed by atoms with Gasteiger partial charge >= 0.3 is 5.91 Å². The van der Waals surface area contributed by atoms with Crippen molar-refractivity contribution in [1.82, 2.24) is 9.38 Å². The van der Waals surface area contributed by atoms with Crippen LogP contribution in [-0.4, -0.2) is 20.4 Å². The molecule has 27 heavy (non-hydrogen) atoms. The molecule has 1 amide bonds. The molecule has 1 aromatic carbocycles. The molecule has 7 heteroatoms. The maximum Gasteiger partial charge on any atom is 0.359 e. The van der Waals surface area contributed by atoms with Gasteiger partial charge in [0.2, 0.25) is 0 Å². The van der Waals surface area contributed by atoms with Crippen molar-refractivity contribution in [2.45, 2.75) is 6.61 Å². The van der Waals surface area contributed by atoms with Gasteiger partial charge in [0.15, 0.2) is 5.69 Å². The summed E-state index contributed by atoms with van der Waals surface area (Å²) >= 11 is 0. The lowest BCUT2D eigenvalue weighted by Crippen LogP contribution is -2.32. The predicted octanol–water partition coefficient (Wildman–Crippen LogP) is 2.38. The van der Waals surface area contributed by atoms with E-state index in [2.05, 4.69) is 10.3 Å². The standard InChI is InChI=1S/C20H16N4O3/c25-13-14-4-3-5-15(10-14)16-7-8-18-21-17(12-23(18)11-16)20(26)22-19-6-1-2-9-24(19)27/h1-12,25H,13H2,(H,22,26). The molecule has 134 valence electrons. The van der Waals surface area contributed by atoms with Crippen LogP contribution in [0.15, 0.2) is 73.2 Å². The summed E-state index contributed by atoms with van der Waals surface area (Å²) in [5.41, 5.74) is 3.54. The summed E-state index contributed by atoms with van der Waals surface area (Å²) in [6, 6.07) is 16.1. The van der Waals surface area contributed by atoms with Gasteiger partial charge in [0.25, 0.3) is 5.82 Å². The number of fused-ring (bicyclic) bond motifs is 1. The number of nitrogens with one attached hydrogen (secondary N) is 1.